The summed E-state index contributed by atoms with van der Waals surface area (Å²) in [6.07, 6.45) is 8.93. The highest BCUT2D eigenvalue weighted by Gasteiger charge is 2.35. The molecule has 1 aromatic rings. The fourth-order valence-corrected chi connectivity index (χ4v) is 4.25. The molecule has 1 atom stereocenters. The van der Waals surface area contributed by atoms with Gasteiger partial charge in [-0.1, -0.05) is 35.4 Å². The van der Waals surface area contributed by atoms with Gasteiger partial charge in [0.15, 0.2) is 0 Å². The third-order valence-electron chi connectivity index (χ3n) is 5.34. The van der Waals surface area contributed by atoms with E-state index in [-0.39, 0.29) is 12.5 Å². The molecule has 1 heterocycles. The number of rotatable bonds is 5. The summed E-state index contributed by atoms with van der Waals surface area (Å²) in [4.78, 5) is 14.6. The third kappa shape index (κ3) is 5.45. The van der Waals surface area contributed by atoms with Crippen LogP contribution in [0, 0.1) is 5.92 Å². The molecule has 0 bridgehead atoms. The van der Waals surface area contributed by atoms with Crippen molar-refractivity contribution in [2.75, 3.05) is 26.2 Å². The molecule has 0 radical (unpaired) electrons. The molecule has 1 N–H and O–H groups in total. The number of hydrogen-bond donors (Lipinski definition) is 1. The van der Waals surface area contributed by atoms with Crippen molar-refractivity contribution in [1.29, 1.82) is 0 Å². The van der Waals surface area contributed by atoms with Crippen molar-refractivity contribution in [2.45, 2.75) is 37.8 Å². The number of nitrogens with one attached hydrogen (secondary N) is 1. The number of carbonyl (C=O) groups is 1. The van der Waals surface area contributed by atoms with Gasteiger partial charge in [0.05, 0.1) is 6.54 Å². The van der Waals surface area contributed by atoms with Crippen LogP contribution in [-0.2, 0) is 0 Å². The van der Waals surface area contributed by atoms with E-state index in [4.69, 9.17) is 23.2 Å². The second kappa shape index (κ2) is 8.73. The van der Waals surface area contributed by atoms with Crippen LogP contribution in [0.3, 0.4) is 0 Å². The number of allylic oxidation sites excluding steroid dienone is 2. The Balaban J connectivity index is 1.46. The molecule has 0 saturated carbocycles. The Morgan fingerprint density at radius 2 is 1.88 bits per heavy atom. The monoisotopic (exact) mass is 398 g/mol. The maximum Gasteiger partial charge on any atom is 0.251 e. The molecule has 1 fully saturated rings. The summed E-state index contributed by atoms with van der Waals surface area (Å²) in [6, 6.07) is 4.64. The van der Waals surface area contributed by atoms with E-state index in [2.05, 4.69) is 22.4 Å². The molecular weight excluding hydrogens is 374 g/mol. The van der Waals surface area contributed by atoms with E-state index in [1.807, 2.05) is 0 Å². The Hall–Kier alpha value is -1.10. The van der Waals surface area contributed by atoms with Gasteiger partial charge in [-0.15, -0.1) is 0 Å². The number of halogens is 3. The lowest BCUT2D eigenvalue weighted by molar-refractivity contribution is 0.0481. The van der Waals surface area contributed by atoms with Gasteiger partial charge in [0.2, 0.25) is 0 Å². The normalized spacial score (nSPS) is 23.0. The SMILES string of the molecule is O=C(NCC1(F)CCN(CC2CC=CCC2)CC1)c1cc(Cl)cc(Cl)c1. The van der Waals surface area contributed by atoms with Crippen molar-refractivity contribution >= 4 is 29.1 Å². The van der Waals surface area contributed by atoms with Crippen molar-refractivity contribution in [3.05, 3.63) is 46.0 Å². The van der Waals surface area contributed by atoms with Gasteiger partial charge in [-0.2, -0.15) is 0 Å². The first-order chi connectivity index (χ1) is 12.4. The molecule has 1 amide bonds. The zero-order chi connectivity index (χ0) is 18.6. The minimum Gasteiger partial charge on any atom is -0.349 e. The summed E-state index contributed by atoms with van der Waals surface area (Å²) >= 11 is 11.8. The fraction of sp³-hybridized carbons (Fsp3) is 0.550. The van der Waals surface area contributed by atoms with E-state index in [0.29, 0.717) is 34.4 Å². The molecule has 1 aliphatic carbocycles. The lowest BCUT2D eigenvalue weighted by atomic mass is 9.90. The van der Waals surface area contributed by atoms with Gasteiger partial charge in [0.1, 0.15) is 5.67 Å². The average Bonchev–Trinajstić information content (AvgIpc) is 2.62. The Bertz CT molecular complexity index is 652. The number of amides is 1. The Morgan fingerprint density at radius 3 is 2.50 bits per heavy atom. The van der Waals surface area contributed by atoms with Crippen molar-refractivity contribution < 1.29 is 9.18 Å². The first kappa shape index (κ1) is 19.7. The Labute approximate surface area is 164 Å². The van der Waals surface area contributed by atoms with Crippen LogP contribution in [0.5, 0.6) is 0 Å². The van der Waals surface area contributed by atoms with Gasteiger partial charge in [-0.05, 0) is 56.2 Å². The van der Waals surface area contributed by atoms with Crippen LogP contribution in [0.1, 0.15) is 42.5 Å². The lowest BCUT2D eigenvalue weighted by Crippen LogP contribution is -2.49. The van der Waals surface area contributed by atoms with Crippen molar-refractivity contribution in [1.82, 2.24) is 10.2 Å². The minimum absolute atomic E-state index is 0.0238. The molecule has 3 nitrogen and oxygen atoms in total. The molecule has 26 heavy (non-hydrogen) atoms. The van der Waals surface area contributed by atoms with Gasteiger partial charge in [-0.3, -0.25) is 4.79 Å². The van der Waals surface area contributed by atoms with Crippen LogP contribution in [0.2, 0.25) is 10.0 Å². The highest BCUT2D eigenvalue weighted by atomic mass is 35.5. The number of hydrogen-bond acceptors (Lipinski definition) is 2. The van der Waals surface area contributed by atoms with Gasteiger partial charge in [0, 0.05) is 35.2 Å². The molecule has 1 aliphatic heterocycles. The molecular formula is C20H25Cl2FN2O. The van der Waals surface area contributed by atoms with Gasteiger partial charge < -0.3 is 10.2 Å². The number of piperidine rings is 1. The zero-order valence-electron chi connectivity index (χ0n) is 14.8. The topological polar surface area (TPSA) is 32.3 Å². The summed E-state index contributed by atoms with van der Waals surface area (Å²) in [5, 5.41) is 3.49. The largest absolute Gasteiger partial charge is 0.349 e. The molecule has 3 rings (SSSR count). The average molecular weight is 399 g/mol. The van der Waals surface area contributed by atoms with Gasteiger partial charge in [0.25, 0.3) is 5.91 Å². The van der Waals surface area contributed by atoms with E-state index in [9.17, 15) is 4.79 Å². The quantitative estimate of drug-likeness (QED) is 0.716. The minimum atomic E-state index is -1.35. The number of likely N-dealkylation sites (tertiary alicyclic amines) is 1. The van der Waals surface area contributed by atoms with Crippen LogP contribution in [0.4, 0.5) is 4.39 Å². The maximum absolute atomic E-state index is 15.1. The Kier molecular flexibility index (Phi) is 6.60. The lowest BCUT2D eigenvalue weighted by Gasteiger charge is -2.38. The summed E-state index contributed by atoms with van der Waals surface area (Å²) in [5.74, 6) is 0.349. The van der Waals surface area contributed by atoms with Crippen LogP contribution in [0.25, 0.3) is 0 Å². The second-order valence-corrected chi connectivity index (χ2v) is 8.32. The highest BCUT2D eigenvalue weighted by molar-refractivity contribution is 6.35. The van der Waals surface area contributed by atoms with Crippen LogP contribution in [0.15, 0.2) is 30.4 Å². The molecule has 142 valence electrons. The standard InChI is InChI=1S/C20H25Cl2FN2O/c21-17-10-16(11-18(22)12-17)19(26)24-14-20(23)6-8-25(9-7-20)13-15-4-2-1-3-5-15/h1-2,10-12,15H,3-9,13-14H2,(H,24,26). The predicted octanol–water partition coefficient (Wildman–Crippen LogP) is 4.88. The van der Waals surface area contributed by atoms with E-state index < -0.39 is 5.67 Å². The molecule has 1 saturated heterocycles. The zero-order valence-corrected chi connectivity index (χ0v) is 16.3. The fourth-order valence-electron chi connectivity index (χ4n) is 3.73. The van der Waals surface area contributed by atoms with Crippen LogP contribution in [-0.4, -0.2) is 42.7 Å². The first-order valence-corrected chi connectivity index (χ1v) is 10.00. The molecule has 0 aromatic heterocycles. The summed E-state index contributed by atoms with van der Waals surface area (Å²) < 4.78 is 15.1. The number of carbonyl (C=O) groups excluding carboxylic acids is 1. The Morgan fingerprint density at radius 1 is 1.19 bits per heavy atom. The molecule has 0 spiro atoms. The molecule has 1 unspecified atom stereocenters. The molecule has 2 aliphatic rings. The van der Waals surface area contributed by atoms with Crippen molar-refractivity contribution in [3.8, 4) is 0 Å². The molecule has 6 heteroatoms. The van der Waals surface area contributed by atoms with E-state index >= 15 is 4.39 Å². The maximum atomic E-state index is 15.1. The number of alkyl halides is 1. The highest BCUT2D eigenvalue weighted by Crippen LogP contribution is 2.28. The smallest absolute Gasteiger partial charge is 0.251 e. The summed E-state index contributed by atoms with van der Waals surface area (Å²) in [7, 11) is 0. The summed E-state index contributed by atoms with van der Waals surface area (Å²) in [6.45, 7) is 2.56. The van der Waals surface area contributed by atoms with Crippen molar-refractivity contribution in [2.24, 2.45) is 5.92 Å². The van der Waals surface area contributed by atoms with Gasteiger partial charge >= 0.3 is 0 Å². The van der Waals surface area contributed by atoms with E-state index in [1.54, 1.807) is 6.07 Å². The van der Waals surface area contributed by atoms with Crippen LogP contribution >= 0.6 is 23.2 Å². The first-order valence-electron chi connectivity index (χ1n) is 9.24. The molecule has 1 aromatic carbocycles. The van der Waals surface area contributed by atoms with Crippen LogP contribution < -0.4 is 5.32 Å². The van der Waals surface area contributed by atoms with E-state index in [0.717, 1.165) is 32.5 Å². The predicted molar refractivity (Wildman–Crippen MR) is 105 cm³/mol. The second-order valence-electron chi connectivity index (χ2n) is 7.44. The van der Waals surface area contributed by atoms with Crippen molar-refractivity contribution in [3.63, 3.8) is 0 Å². The summed E-state index contributed by atoms with van der Waals surface area (Å²) in [5.41, 5.74) is -0.991. The van der Waals surface area contributed by atoms with E-state index in [1.165, 1.54) is 18.6 Å². The third-order valence-corrected chi connectivity index (χ3v) is 5.77. The number of benzene rings is 1. The van der Waals surface area contributed by atoms with Gasteiger partial charge in [-0.25, -0.2) is 4.39 Å². The number of nitrogens with zero attached hydrogens (tertiary/aromatic N) is 1.